The molecule has 0 bridgehead atoms. The Hall–Kier alpha value is -2.18. The SMILES string of the molecule is C[Si](C)(C)CCOCn1ccnc1C=CC(=O)c1cccc(N)c1. The summed E-state index contributed by atoms with van der Waals surface area (Å²) in [4.78, 5) is 16.4. The molecule has 24 heavy (non-hydrogen) atoms. The van der Waals surface area contributed by atoms with Gasteiger partial charge in [0.2, 0.25) is 0 Å². The fourth-order valence-electron chi connectivity index (χ4n) is 2.07. The molecule has 1 aromatic carbocycles. The number of hydrogen-bond acceptors (Lipinski definition) is 4. The van der Waals surface area contributed by atoms with Crippen LogP contribution in [0.15, 0.2) is 42.7 Å². The lowest BCUT2D eigenvalue weighted by Crippen LogP contribution is -2.22. The number of ether oxygens (including phenoxy) is 1. The van der Waals surface area contributed by atoms with Crippen molar-refractivity contribution >= 4 is 25.6 Å². The number of carbonyl (C=O) groups is 1. The molecule has 2 aromatic rings. The zero-order chi connectivity index (χ0) is 17.6. The predicted molar refractivity (Wildman–Crippen MR) is 101 cm³/mol. The van der Waals surface area contributed by atoms with E-state index in [-0.39, 0.29) is 5.78 Å². The van der Waals surface area contributed by atoms with Crippen LogP contribution in [-0.4, -0.2) is 30.0 Å². The molecule has 128 valence electrons. The molecule has 6 heteroatoms. The molecule has 0 fully saturated rings. The Morgan fingerprint density at radius 1 is 1.38 bits per heavy atom. The van der Waals surface area contributed by atoms with Crippen molar-refractivity contribution in [2.45, 2.75) is 32.4 Å². The monoisotopic (exact) mass is 343 g/mol. The molecule has 0 amide bonds. The van der Waals surface area contributed by atoms with E-state index in [9.17, 15) is 4.79 Å². The lowest BCUT2D eigenvalue weighted by Gasteiger charge is -2.15. The van der Waals surface area contributed by atoms with Crippen LogP contribution in [0.3, 0.4) is 0 Å². The van der Waals surface area contributed by atoms with Crippen molar-refractivity contribution in [3.63, 3.8) is 0 Å². The van der Waals surface area contributed by atoms with E-state index in [2.05, 4.69) is 24.6 Å². The number of nitrogen functional groups attached to an aromatic ring is 1. The number of ketones is 1. The summed E-state index contributed by atoms with van der Waals surface area (Å²) in [5.74, 6) is 0.594. The van der Waals surface area contributed by atoms with Gasteiger partial charge in [0, 0.05) is 38.3 Å². The minimum atomic E-state index is -1.08. The van der Waals surface area contributed by atoms with Gasteiger partial charge in [0.1, 0.15) is 12.6 Å². The summed E-state index contributed by atoms with van der Waals surface area (Å²) in [7, 11) is -1.08. The molecule has 0 spiro atoms. The number of nitrogens with two attached hydrogens (primary N) is 1. The molecule has 0 aliphatic carbocycles. The summed E-state index contributed by atoms with van der Waals surface area (Å²) in [6.07, 6.45) is 6.76. The first-order chi connectivity index (χ1) is 11.3. The number of allylic oxidation sites excluding steroid dienone is 1. The van der Waals surface area contributed by atoms with E-state index in [1.54, 1.807) is 36.5 Å². The van der Waals surface area contributed by atoms with Crippen molar-refractivity contribution in [2.75, 3.05) is 12.3 Å². The van der Waals surface area contributed by atoms with Crippen LogP contribution < -0.4 is 5.73 Å². The highest BCUT2D eigenvalue weighted by atomic mass is 28.3. The molecular formula is C18H25N3O2Si. The van der Waals surface area contributed by atoms with Crippen molar-refractivity contribution in [3.05, 3.63) is 54.1 Å². The zero-order valence-electron chi connectivity index (χ0n) is 14.5. The number of carbonyl (C=O) groups excluding carboxylic acids is 1. The zero-order valence-corrected chi connectivity index (χ0v) is 15.5. The van der Waals surface area contributed by atoms with Crippen LogP contribution in [0.1, 0.15) is 16.2 Å². The maximum Gasteiger partial charge on any atom is 0.186 e. The van der Waals surface area contributed by atoms with Crippen molar-refractivity contribution in [1.29, 1.82) is 0 Å². The first-order valence-electron chi connectivity index (χ1n) is 8.02. The standard InChI is InChI=1S/C18H25N3O2Si/c1-24(2,3)12-11-23-14-21-10-9-20-18(21)8-7-17(22)15-5-4-6-16(19)13-15/h4-10,13H,11-12,14,19H2,1-3H3. The molecule has 0 radical (unpaired) electrons. The van der Waals surface area contributed by atoms with E-state index in [4.69, 9.17) is 10.5 Å². The molecule has 0 aliphatic rings. The number of benzene rings is 1. The van der Waals surface area contributed by atoms with Crippen LogP contribution in [0, 0.1) is 0 Å². The molecule has 5 nitrogen and oxygen atoms in total. The van der Waals surface area contributed by atoms with E-state index < -0.39 is 8.07 Å². The van der Waals surface area contributed by atoms with E-state index in [0.29, 0.717) is 23.8 Å². The Bertz CT molecular complexity index is 717. The summed E-state index contributed by atoms with van der Waals surface area (Å²) in [5, 5.41) is 0. The van der Waals surface area contributed by atoms with Gasteiger partial charge in [-0.15, -0.1) is 0 Å². The molecule has 0 unspecified atom stereocenters. The summed E-state index contributed by atoms with van der Waals surface area (Å²) in [6, 6.07) is 8.06. The van der Waals surface area contributed by atoms with Gasteiger partial charge in [-0.2, -0.15) is 0 Å². The fourth-order valence-corrected chi connectivity index (χ4v) is 2.82. The third kappa shape index (κ3) is 5.79. The maximum absolute atomic E-state index is 12.2. The van der Waals surface area contributed by atoms with Crippen LogP contribution in [0.2, 0.25) is 25.7 Å². The highest BCUT2D eigenvalue weighted by molar-refractivity contribution is 6.76. The van der Waals surface area contributed by atoms with Gasteiger partial charge in [0.15, 0.2) is 5.78 Å². The van der Waals surface area contributed by atoms with Crippen LogP contribution in [0.5, 0.6) is 0 Å². The van der Waals surface area contributed by atoms with Gasteiger partial charge in [-0.25, -0.2) is 4.98 Å². The highest BCUT2D eigenvalue weighted by Crippen LogP contribution is 2.10. The van der Waals surface area contributed by atoms with E-state index in [1.807, 2.05) is 10.8 Å². The molecule has 2 rings (SSSR count). The quantitative estimate of drug-likeness (QED) is 0.261. The highest BCUT2D eigenvalue weighted by Gasteiger charge is 2.12. The molecular weight excluding hydrogens is 318 g/mol. The summed E-state index contributed by atoms with van der Waals surface area (Å²) in [6.45, 7) is 8.16. The minimum Gasteiger partial charge on any atom is -0.399 e. The fraction of sp³-hybridized carbons (Fsp3) is 0.333. The van der Waals surface area contributed by atoms with E-state index >= 15 is 0 Å². The van der Waals surface area contributed by atoms with Gasteiger partial charge in [-0.1, -0.05) is 31.8 Å². The first-order valence-corrected chi connectivity index (χ1v) is 11.7. The second kappa shape index (κ2) is 8.08. The number of nitrogens with zero attached hydrogens (tertiary/aromatic N) is 2. The Morgan fingerprint density at radius 2 is 2.17 bits per heavy atom. The number of hydrogen-bond donors (Lipinski definition) is 1. The summed E-state index contributed by atoms with van der Waals surface area (Å²) < 4.78 is 7.61. The lowest BCUT2D eigenvalue weighted by molar-refractivity contribution is 0.0867. The number of aromatic nitrogens is 2. The van der Waals surface area contributed by atoms with Crippen molar-refractivity contribution in [3.8, 4) is 0 Å². The molecule has 2 N–H and O–H groups in total. The summed E-state index contributed by atoms with van der Waals surface area (Å²) >= 11 is 0. The Labute approximate surface area is 144 Å². The predicted octanol–water partition coefficient (Wildman–Crippen LogP) is 3.67. The van der Waals surface area contributed by atoms with Crippen molar-refractivity contribution < 1.29 is 9.53 Å². The Balaban J connectivity index is 1.93. The Kier molecular flexibility index (Phi) is 6.11. The van der Waals surface area contributed by atoms with Crippen LogP contribution in [0.25, 0.3) is 6.08 Å². The van der Waals surface area contributed by atoms with Gasteiger partial charge >= 0.3 is 0 Å². The van der Waals surface area contributed by atoms with Gasteiger partial charge in [0.25, 0.3) is 0 Å². The number of rotatable bonds is 8. The van der Waals surface area contributed by atoms with Crippen molar-refractivity contribution in [1.82, 2.24) is 9.55 Å². The number of anilines is 1. The Morgan fingerprint density at radius 3 is 2.88 bits per heavy atom. The molecule has 1 aromatic heterocycles. The lowest BCUT2D eigenvalue weighted by atomic mass is 10.1. The van der Waals surface area contributed by atoms with Gasteiger partial charge in [-0.05, 0) is 30.3 Å². The van der Waals surface area contributed by atoms with Gasteiger partial charge in [0.05, 0.1) is 0 Å². The van der Waals surface area contributed by atoms with Gasteiger partial charge in [-0.3, -0.25) is 4.79 Å². The molecule has 0 saturated heterocycles. The van der Waals surface area contributed by atoms with Crippen LogP contribution in [0.4, 0.5) is 5.69 Å². The molecule has 1 heterocycles. The van der Waals surface area contributed by atoms with Crippen LogP contribution in [-0.2, 0) is 11.5 Å². The molecule has 0 saturated carbocycles. The largest absolute Gasteiger partial charge is 0.399 e. The first kappa shape index (κ1) is 18.2. The molecule has 0 aliphatic heterocycles. The number of imidazole rings is 1. The van der Waals surface area contributed by atoms with Gasteiger partial charge < -0.3 is 15.0 Å². The average molecular weight is 344 g/mol. The minimum absolute atomic E-state index is 0.100. The smallest absolute Gasteiger partial charge is 0.186 e. The van der Waals surface area contributed by atoms with Crippen molar-refractivity contribution in [2.24, 2.45) is 0 Å². The normalized spacial score (nSPS) is 12.0. The third-order valence-corrected chi connectivity index (χ3v) is 5.23. The molecule has 0 atom stereocenters. The second-order valence-corrected chi connectivity index (χ2v) is 12.5. The maximum atomic E-state index is 12.2. The third-order valence-electron chi connectivity index (χ3n) is 3.53. The van der Waals surface area contributed by atoms with Crippen LogP contribution >= 0.6 is 0 Å². The van der Waals surface area contributed by atoms with E-state index in [0.717, 1.165) is 12.7 Å². The summed E-state index contributed by atoms with van der Waals surface area (Å²) in [5.41, 5.74) is 6.84. The average Bonchev–Trinajstić information content (AvgIpc) is 2.95. The second-order valence-electron chi connectivity index (χ2n) is 6.93. The topological polar surface area (TPSA) is 70.1 Å². The van der Waals surface area contributed by atoms with E-state index in [1.165, 1.54) is 6.08 Å².